The zero-order valence-electron chi connectivity index (χ0n) is 12.3. The summed E-state index contributed by atoms with van der Waals surface area (Å²) in [6.45, 7) is 8.68. The number of nitrogens with one attached hydrogen (secondary N) is 1. The van der Waals surface area contributed by atoms with Crippen molar-refractivity contribution in [2.75, 3.05) is 0 Å². The summed E-state index contributed by atoms with van der Waals surface area (Å²) in [5.74, 6) is 0. The van der Waals surface area contributed by atoms with Gasteiger partial charge in [0.2, 0.25) is 0 Å². The van der Waals surface area contributed by atoms with Crippen molar-refractivity contribution < 1.29 is 0 Å². The maximum Gasteiger partial charge on any atom is 0.0535 e. The molecule has 0 fully saturated rings. The van der Waals surface area contributed by atoms with Crippen LogP contribution >= 0.6 is 0 Å². The summed E-state index contributed by atoms with van der Waals surface area (Å²) in [7, 11) is 0. The Morgan fingerprint density at radius 2 is 1.74 bits per heavy atom. The quantitative estimate of drug-likeness (QED) is 0.768. The third kappa shape index (κ3) is 3.24. The molecule has 0 saturated heterocycles. The lowest BCUT2D eigenvalue weighted by Gasteiger charge is -2.23. The van der Waals surface area contributed by atoms with Crippen LogP contribution in [-0.4, -0.2) is 6.04 Å². The van der Waals surface area contributed by atoms with Gasteiger partial charge in [0.15, 0.2) is 0 Å². The highest BCUT2D eigenvalue weighted by atomic mass is 14.9. The Bertz CT molecular complexity index is 581. The van der Waals surface area contributed by atoms with Gasteiger partial charge in [-0.25, -0.2) is 0 Å². The van der Waals surface area contributed by atoms with E-state index in [1.54, 1.807) is 0 Å². The molecule has 0 aromatic heterocycles. The number of hydrogen-bond acceptors (Lipinski definition) is 1. The molecule has 100 valence electrons. The van der Waals surface area contributed by atoms with E-state index in [1.807, 2.05) is 0 Å². The molecule has 0 aliphatic heterocycles. The number of allylic oxidation sites excluding steroid dienone is 1. The van der Waals surface area contributed by atoms with E-state index < -0.39 is 0 Å². The molecule has 1 nitrogen and oxygen atoms in total. The van der Waals surface area contributed by atoms with Gasteiger partial charge >= 0.3 is 0 Å². The summed E-state index contributed by atoms with van der Waals surface area (Å²) in [6, 6.07) is 16.0. The smallest absolute Gasteiger partial charge is 0.0535 e. The number of rotatable bonds is 4. The lowest BCUT2D eigenvalue weighted by Crippen LogP contribution is -2.28. The van der Waals surface area contributed by atoms with Crippen LogP contribution in [-0.2, 0) is 0 Å². The normalized spacial score (nSPS) is 14.1. The molecule has 0 saturated carbocycles. The van der Waals surface area contributed by atoms with E-state index in [9.17, 15) is 0 Å². The Kier molecular flexibility index (Phi) is 4.39. The van der Waals surface area contributed by atoms with Gasteiger partial charge < -0.3 is 5.32 Å². The second kappa shape index (κ2) is 6.03. The van der Waals surface area contributed by atoms with E-state index in [4.69, 9.17) is 0 Å². The molecule has 0 aliphatic rings. The van der Waals surface area contributed by atoms with Crippen LogP contribution in [0.15, 0.2) is 54.1 Å². The van der Waals surface area contributed by atoms with Crippen molar-refractivity contribution in [1.29, 1.82) is 0 Å². The van der Waals surface area contributed by atoms with Crippen LogP contribution in [0.2, 0.25) is 0 Å². The third-order valence-corrected chi connectivity index (χ3v) is 3.52. The van der Waals surface area contributed by atoms with E-state index in [-0.39, 0.29) is 0 Å². The van der Waals surface area contributed by atoms with Crippen molar-refractivity contribution in [2.24, 2.45) is 0 Å². The highest BCUT2D eigenvalue weighted by Crippen LogP contribution is 2.25. The number of benzene rings is 2. The van der Waals surface area contributed by atoms with Crippen LogP contribution in [0.4, 0.5) is 0 Å². The van der Waals surface area contributed by atoms with E-state index in [2.05, 4.69) is 81.6 Å². The summed E-state index contributed by atoms with van der Waals surface area (Å²) >= 11 is 0. The van der Waals surface area contributed by atoms with Gasteiger partial charge in [-0.05, 0) is 50.1 Å². The largest absolute Gasteiger partial charge is 0.304 e. The van der Waals surface area contributed by atoms with E-state index >= 15 is 0 Å². The summed E-state index contributed by atoms with van der Waals surface area (Å²) < 4.78 is 0. The van der Waals surface area contributed by atoms with E-state index in [0.29, 0.717) is 12.1 Å². The topological polar surface area (TPSA) is 12.0 Å². The third-order valence-electron chi connectivity index (χ3n) is 3.52. The molecule has 2 rings (SSSR count). The van der Waals surface area contributed by atoms with Crippen LogP contribution < -0.4 is 5.32 Å². The molecule has 1 N–H and O–H groups in total. The first kappa shape index (κ1) is 13.8. The first-order valence-electron chi connectivity index (χ1n) is 6.99. The molecular formula is C18H23N. The molecule has 0 amide bonds. The first-order chi connectivity index (χ1) is 9.11. The predicted molar refractivity (Wildman–Crippen MR) is 84.4 cm³/mol. The van der Waals surface area contributed by atoms with Gasteiger partial charge in [0.25, 0.3) is 0 Å². The zero-order chi connectivity index (χ0) is 13.8. The Labute approximate surface area is 116 Å². The fourth-order valence-corrected chi connectivity index (χ4v) is 2.38. The minimum atomic E-state index is 0.301. The second-order valence-corrected chi connectivity index (χ2v) is 5.39. The van der Waals surface area contributed by atoms with Crippen molar-refractivity contribution in [3.05, 3.63) is 59.7 Å². The standard InChI is InChI=1S/C18H23N/c1-5-14(4)18(19-13(2)3)17-11-10-15-8-6-7-9-16(15)12-17/h5-13,18-19H,1-4H3. The van der Waals surface area contributed by atoms with Gasteiger partial charge in [-0.15, -0.1) is 0 Å². The van der Waals surface area contributed by atoms with Gasteiger partial charge in [-0.3, -0.25) is 0 Å². The fraction of sp³-hybridized carbons (Fsp3) is 0.333. The number of hydrogen-bond donors (Lipinski definition) is 1. The van der Waals surface area contributed by atoms with Crippen LogP contribution in [0.25, 0.3) is 10.8 Å². The van der Waals surface area contributed by atoms with Gasteiger partial charge in [-0.2, -0.15) is 0 Å². The molecule has 0 radical (unpaired) electrons. The summed E-state index contributed by atoms with van der Waals surface area (Å²) in [6.07, 6.45) is 2.19. The van der Waals surface area contributed by atoms with Crippen molar-refractivity contribution >= 4 is 10.8 Å². The highest BCUT2D eigenvalue weighted by molar-refractivity contribution is 5.83. The molecule has 1 heteroatoms. The summed E-state index contributed by atoms with van der Waals surface area (Å²) in [5, 5.41) is 6.25. The number of fused-ring (bicyclic) bond motifs is 1. The molecular weight excluding hydrogens is 230 g/mol. The minimum Gasteiger partial charge on any atom is -0.304 e. The minimum absolute atomic E-state index is 0.301. The maximum absolute atomic E-state index is 3.64. The van der Waals surface area contributed by atoms with E-state index in [0.717, 1.165) is 0 Å². The van der Waals surface area contributed by atoms with Gasteiger partial charge in [-0.1, -0.05) is 48.0 Å². The van der Waals surface area contributed by atoms with Crippen molar-refractivity contribution in [1.82, 2.24) is 5.32 Å². The molecule has 0 heterocycles. The van der Waals surface area contributed by atoms with Gasteiger partial charge in [0.05, 0.1) is 6.04 Å². The summed E-state index contributed by atoms with van der Waals surface area (Å²) in [5.41, 5.74) is 2.70. The Hall–Kier alpha value is -1.60. The lowest BCUT2D eigenvalue weighted by atomic mass is 9.96. The van der Waals surface area contributed by atoms with Gasteiger partial charge in [0, 0.05) is 6.04 Å². The molecule has 0 spiro atoms. The SMILES string of the molecule is CC=C(C)C(NC(C)C)c1ccc2ccccc2c1. The van der Waals surface area contributed by atoms with E-state index in [1.165, 1.54) is 21.9 Å². The fourth-order valence-electron chi connectivity index (χ4n) is 2.38. The van der Waals surface area contributed by atoms with Gasteiger partial charge in [0.1, 0.15) is 0 Å². The van der Waals surface area contributed by atoms with Crippen molar-refractivity contribution in [3.8, 4) is 0 Å². The molecule has 0 aliphatic carbocycles. The first-order valence-corrected chi connectivity index (χ1v) is 6.99. The Morgan fingerprint density at radius 3 is 2.37 bits per heavy atom. The van der Waals surface area contributed by atoms with Crippen molar-refractivity contribution in [3.63, 3.8) is 0 Å². The average molecular weight is 253 g/mol. The lowest BCUT2D eigenvalue weighted by molar-refractivity contribution is 0.522. The Morgan fingerprint density at radius 1 is 1.05 bits per heavy atom. The maximum atomic E-state index is 3.64. The zero-order valence-corrected chi connectivity index (χ0v) is 12.3. The van der Waals surface area contributed by atoms with Crippen LogP contribution in [0.5, 0.6) is 0 Å². The van der Waals surface area contributed by atoms with Crippen LogP contribution in [0, 0.1) is 0 Å². The monoisotopic (exact) mass is 253 g/mol. The molecule has 2 aromatic carbocycles. The van der Waals surface area contributed by atoms with Crippen molar-refractivity contribution in [2.45, 2.75) is 39.8 Å². The average Bonchev–Trinajstić information content (AvgIpc) is 2.43. The Balaban J connectivity index is 2.43. The molecule has 2 aromatic rings. The predicted octanol–water partition coefficient (Wildman–Crippen LogP) is 4.85. The summed E-state index contributed by atoms with van der Waals surface area (Å²) in [4.78, 5) is 0. The van der Waals surface area contributed by atoms with Crippen LogP contribution in [0.1, 0.15) is 39.3 Å². The highest BCUT2D eigenvalue weighted by Gasteiger charge is 2.14. The van der Waals surface area contributed by atoms with Crippen LogP contribution in [0.3, 0.4) is 0 Å². The molecule has 0 bridgehead atoms. The molecule has 1 atom stereocenters. The molecule has 1 unspecified atom stereocenters. The second-order valence-electron chi connectivity index (χ2n) is 5.39. The molecule has 19 heavy (non-hydrogen) atoms.